The van der Waals surface area contributed by atoms with Gasteiger partial charge in [-0.3, -0.25) is 4.72 Å². The molecule has 21 heavy (non-hydrogen) atoms. The van der Waals surface area contributed by atoms with Crippen LogP contribution in [0.15, 0.2) is 47.4 Å². The van der Waals surface area contributed by atoms with Crippen molar-refractivity contribution < 1.29 is 17.9 Å². The first-order valence-electron chi connectivity index (χ1n) is 6.05. The van der Waals surface area contributed by atoms with E-state index in [1.165, 1.54) is 36.4 Å². The van der Waals surface area contributed by atoms with Crippen LogP contribution in [0.5, 0.6) is 0 Å². The van der Waals surface area contributed by atoms with E-state index in [0.717, 1.165) is 6.07 Å². The highest BCUT2D eigenvalue weighted by atomic mass is 35.5. The Morgan fingerprint density at radius 1 is 1.19 bits per heavy atom. The molecule has 2 aromatic rings. The summed E-state index contributed by atoms with van der Waals surface area (Å²) >= 11 is 5.54. The molecule has 0 radical (unpaired) electrons. The topological polar surface area (TPSA) is 66.4 Å². The normalized spacial score (nSPS) is 13.0. The molecule has 2 N–H and O–H groups in total. The third kappa shape index (κ3) is 3.72. The van der Waals surface area contributed by atoms with Gasteiger partial charge >= 0.3 is 0 Å². The second-order valence-corrected chi connectivity index (χ2v) is 6.57. The third-order valence-corrected chi connectivity index (χ3v) is 4.55. The van der Waals surface area contributed by atoms with Crippen LogP contribution >= 0.6 is 11.6 Å². The molecule has 7 heteroatoms. The first-order chi connectivity index (χ1) is 9.79. The van der Waals surface area contributed by atoms with Gasteiger partial charge in [-0.15, -0.1) is 0 Å². The monoisotopic (exact) mass is 329 g/mol. The molecule has 0 bridgehead atoms. The average molecular weight is 330 g/mol. The number of aliphatic hydroxyl groups excluding tert-OH is 1. The number of halogens is 2. The van der Waals surface area contributed by atoms with Gasteiger partial charge in [-0.05, 0) is 42.8 Å². The molecular weight excluding hydrogens is 317 g/mol. The Labute approximate surface area is 127 Å². The zero-order valence-electron chi connectivity index (χ0n) is 11.0. The minimum Gasteiger partial charge on any atom is -0.389 e. The van der Waals surface area contributed by atoms with Gasteiger partial charge in [-0.1, -0.05) is 23.7 Å². The van der Waals surface area contributed by atoms with Crippen LogP contribution in [0.25, 0.3) is 0 Å². The Hall–Kier alpha value is -1.63. The van der Waals surface area contributed by atoms with Crippen LogP contribution in [0, 0.1) is 5.82 Å². The summed E-state index contributed by atoms with van der Waals surface area (Å²) in [6.45, 7) is 1.58. The van der Waals surface area contributed by atoms with Crippen molar-refractivity contribution in [3.05, 3.63) is 58.9 Å². The molecule has 112 valence electrons. The Morgan fingerprint density at radius 2 is 1.81 bits per heavy atom. The second-order valence-electron chi connectivity index (χ2n) is 4.48. The molecule has 0 saturated heterocycles. The Morgan fingerprint density at radius 3 is 2.33 bits per heavy atom. The van der Waals surface area contributed by atoms with Gasteiger partial charge in [-0.25, -0.2) is 12.8 Å². The maximum absolute atomic E-state index is 13.3. The van der Waals surface area contributed by atoms with Gasteiger partial charge in [0.2, 0.25) is 0 Å². The van der Waals surface area contributed by atoms with Crippen LogP contribution < -0.4 is 4.72 Å². The summed E-state index contributed by atoms with van der Waals surface area (Å²) in [6.07, 6.45) is -0.680. The summed E-state index contributed by atoms with van der Waals surface area (Å²) < 4.78 is 39.9. The van der Waals surface area contributed by atoms with E-state index >= 15 is 0 Å². The molecule has 2 aromatic carbocycles. The highest BCUT2D eigenvalue weighted by molar-refractivity contribution is 7.92. The van der Waals surface area contributed by atoms with E-state index in [0.29, 0.717) is 5.56 Å². The van der Waals surface area contributed by atoms with Crippen molar-refractivity contribution in [2.45, 2.75) is 17.9 Å². The number of aliphatic hydroxyl groups is 1. The summed E-state index contributed by atoms with van der Waals surface area (Å²) in [5, 5.41) is 9.31. The first-order valence-corrected chi connectivity index (χ1v) is 7.91. The van der Waals surface area contributed by atoms with Crippen molar-refractivity contribution >= 4 is 27.3 Å². The lowest BCUT2D eigenvalue weighted by Crippen LogP contribution is -2.13. The predicted molar refractivity (Wildman–Crippen MR) is 79.3 cm³/mol. The van der Waals surface area contributed by atoms with Crippen molar-refractivity contribution in [1.82, 2.24) is 0 Å². The van der Waals surface area contributed by atoms with Crippen LogP contribution in [0.1, 0.15) is 18.6 Å². The largest absolute Gasteiger partial charge is 0.389 e. The molecule has 0 amide bonds. The number of nitrogens with one attached hydrogen (secondary N) is 1. The molecule has 0 aliphatic heterocycles. The van der Waals surface area contributed by atoms with Crippen molar-refractivity contribution in [3.63, 3.8) is 0 Å². The maximum atomic E-state index is 13.3. The number of sulfonamides is 1. The number of rotatable bonds is 4. The van der Waals surface area contributed by atoms with Gasteiger partial charge in [0, 0.05) is 0 Å². The number of anilines is 1. The standard InChI is InChI=1S/C14H13ClFNO3S/c1-9(18)10-2-5-12(6-3-10)21(19,20)17-11-4-7-13(15)14(16)8-11/h2-9,17-18H,1H3. The molecule has 1 unspecified atom stereocenters. The highest BCUT2D eigenvalue weighted by Gasteiger charge is 2.15. The van der Waals surface area contributed by atoms with Crippen molar-refractivity contribution in [2.75, 3.05) is 4.72 Å². The molecule has 0 spiro atoms. The average Bonchev–Trinajstić information content (AvgIpc) is 2.43. The van der Waals surface area contributed by atoms with Crippen molar-refractivity contribution in [1.29, 1.82) is 0 Å². The summed E-state index contributed by atoms with van der Waals surface area (Å²) in [5.41, 5.74) is 0.683. The van der Waals surface area contributed by atoms with E-state index in [4.69, 9.17) is 11.6 Å². The van der Waals surface area contributed by atoms with Gasteiger partial charge in [0.15, 0.2) is 0 Å². The summed E-state index contributed by atoms with van der Waals surface area (Å²) in [6, 6.07) is 9.42. The molecule has 0 aliphatic rings. The van der Waals surface area contributed by atoms with Crippen LogP contribution in [0.3, 0.4) is 0 Å². The fourth-order valence-electron chi connectivity index (χ4n) is 1.70. The van der Waals surface area contributed by atoms with Crippen LogP contribution in [-0.2, 0) is 10.0 Å². The van der Waals surface area contributed by atoms with E-state index < -0.39 is 21.9 Å². The van der Waals surface area contributed by atoms with Crippen molar-refractivity contribution in [2.24, 2.45) is 0 Å². The highest BCUT2D eigenvalue weighted by Crippen LogP contribution is 2.22. The SMILES string of the molecule is CC(O)c1ccc(S(=O)(=O)Nc2ccc(Cl)c(F)c2)cc1. The smallest absolute Gasteiger partial charge is 0.261 e. The van der Waals surface area contributed by atoms with Crippen LogP contribution in [0.2, 0.25) is 5.02 Å². The molecule has 1 atom stereocenters. The lowest BCUT2D eigenvalue weighted by Gasteiger charge is -2.10. The van der Waals surface area contributed by atoms with Crippen LogP contribution in [0.4, 0.5) is 10.1 Å². The fraction of sp³-hybridized carbons (Fsp3) is 0.143. The lowest BCUT2D eigenvalue weighted by molar-refractivity contribution is 0.199. The molecule has 4 nitrogen and oxygen atoms in total. The van der Waals surface area contributed by atoms with Crippen LogP contribution in [-0.4, -0.2) is 13.5 Å². The van der Waals surface area contributed by atoms with Gasteiger partial charge in [0.05, 0.1) is 21.7 Å². The van der Waals surface area contributed by atoms with E-state index in [-0.39, 0.29) is 15.6 Å². The lowest BCUT2D eigenvalue weighted by atomic mass is 10.1. The first kappa shape index (κ1) is 15.8. The Kier molecular flexibility index (Phi) is 4.51. The molecule has 0 aromatic heterocycles. The van der Waals surface area contributed by atoms with E-state index in [9.17, 15) is 17.9 Å². The Bertz CT molecular complexity index is 745. The molecule has 0 saturated carbocycles. The van der Waals surface area contributed by atoms with E-state index in [1.807, 2.05) is 0 Å². The molecule has 2 rings (SSSR count). The summed E-state index contributed by atoms with van der Waals surface area (Å²) in [7, 11) is -3.83. The number of benzene rings is 2. The molecule has 0 aliphatic carbocycles. The molecular formula is C14H13ClFNO3S. The summed E-state index contributed by atoms with van der Waals surface area (Å²) in [5.74, 6) is -0.707. The Balaban J connectivity index is 2.27. The zero-order valence-corrected chi connectivity index (χ0v) is 12.6. The fourth-order valence-corrected chi connectivity index (χ4v) is 2.87. The minimum atomic E-state index is -3.83. The van der Waals surface area contributed by atoms with Gasteiger partial charge in [0.25, 0.3) is 10.0 Å². The zero-order chi connectivity index (χ0) is 15.6. The third-order valence-electron chi connectivity index (χ3n) is 2.84. The second kappa shape index (κ2) is 6.01. The predicted octanol–water partition coefficient (Wildman–Crippen LogP) is 3.33. The van der Waals surface area contributed by atoms with E-state index in [2.05, 4.69) is 4.72 Å². The number of hydrogen-bond donors (Lipinski definition) is 2. The minimum absolute atomic E-state index is 0.0160. The van der Waals surface area contributed by atoms with E-state index in [1.54, 1.807) is 6.92 Å². The van der Waals surface area contributed by atoms with Crippen molar-refractivity contribution in [3.8, 4) is 0 Å². The summed E-state index contributed by atoms with van der Waals surface area (Å²) in [4.78, 5) is 0.0160. The molecule has 0 heterocycles. The quantitative estimate of drug-likeness (QED) is 0.904. The molecule has 0 fully saturated rings. The van der Waals surface area contributed by atoms with Gasteiger partial charge in [0.1, 0.15) is 5.82 Å². The number of hydrogen-bond acceptors (Lipinski definition) is 3. The van der Waals surface area contributed by atoms with Gasteiger partial charge in [-0.2, -0.15) is 0 Å². The van der Waals surface area contributed by atoms with Gasteiger partial charge < -0.3 is 5.11 Å². The maximum Gasteiger partial charge on any atom is 0.261 e.